The van der Waals surface area contributed by atoms with Crippen molar-refractivity contribution in [1.82, 2.24) is 25.1 Å². The van der Waals surface area contributed by atoms with E-state index in [1.54, 1.807) is 18.3 Å². The number of anilines is 1. The number of esters is 1. The van der Waals surface area contributed by atoms with Gasteiger partial charge in [0.1, 0.15) is 5.75 Å². The summed E-state index contributed by atoms with van der Waals surface area (Å²) in [6.07, 6.45) is 5.90. The minimum absolute atomic E-state index is 0.0573. The van der Waals surface area contributed by atoms with Crippen LogP contribution in [0, 0.1) is 5.82 Å². The van der Waals surface area contributed by atoms with Gasteiger partial charge in [-0.15, -0.1) is 11.3 Å². The SMILES string of the molecule is COC(=O)CC(C)N1CCN(Cc2ccc(-c3cc4nccc(Oc5ccc(NC(=O)NC6CC6)cc5F)c4s3)nc2)CC1. The second kappa shape index (κ2) is 13.2. The second-order valence-electron chi connectivity index (χ2n) is 11.2. The Morgan fingerprint density at radius 2 is 1.89 bits per heavy atom. The summed E-state index contributed by atoms with van der Waals surface area (Å²) in [5.41, 5.74) is 3.05. The molecule has 2 amide bonds. The van der Waals surface area contributed by atoms with E-state index in [0.29, 0.717) is 17.9 Å². The standard InChI is InChI=1S/C32H35FN6O4S/c1-20(15-30(40)42-2)39-13-11-38(12-14-39)19-21-3-7-25(35-18-21)29-17-26-31(44-29)28(9-10-34-26)43-27-8-6-23(16-24(27)33)37-32(41)36-22-4-5-22/h3,6-10,16-18,20,22H,4-5,11-15,19H2,1-2H3,(H2,36,37,41). The summed E-state index contributed by atoms with van der Waals surface area (Å²) in [5.74, 6) is -0.200. The number of methoxy groups -OCH3 is 1. The number of fused-ring (bicyclic) bond motifs is 1. The van der Waals surface area contributed by atoms with Gasteiger partial charge in [-0.2, -0.15) is 0 Å². The molecule has 10 nitrogen and oxygen atoms in total. The lowest BCUT2D eigenvalue weighted by atomic mass is 10.1. The van der Waals surface area contributed by atoms with Gasteiger partial charge in [0.15, 0.2) is 11.6 Å². The van der Waals surface area contributed by atoms with Gasteiger partial charge in [0.25, 0.3) is 0 Å². The summed E-state index contributed by atoms with van der Waals surface area (Å²) < 4.78 is 26.5. The van der Waals surface area contributed by atoms with Crippen LogP contribution in [0.15, 0.2) is 54.9 Å². The molecule has 1 aliphatic carbocycles. The van der Waals surface area contributed by atoms with Crippen LogP contribution in [0.5, 0.6) is 11.5 Å². The molecule has 3 aromatic heterocycles. The maximum absolute atomic E-state index is 14.9. The first-order valence-electron chi connectivity index (χ1n) is 14.8. The molecule has 4 aromatic rings. The summed E-state index contributed by atoms with van der Waals surface area (Å²) in [6, 6.07) is 12.2. The number of rotatable bonds is 10. The van der Waals surface area contributed by atoms with Gasteiger partial charge in [-0.25, -0.2) is 9.18 Å². The van der Waals surface area contributed by atoms with E-state index in [9.17, 15) is 14.0 Å². The van der Waals surface area contributed by atoms with Gasteiger partial charge in [0.05, 0.1) is 34.3 Å². The van der Waals surface area contributed by atoms with E-state index < -0.39 is 5.82 Å². The number of thiophene rings is 1. The maximum Gasteiger partial charge on any atom is 0.319 e. The lowest BCUT2D eigenvalue weighted by Crippen LogP contribution is -2.49. The fourth-order valence-corrected chi connectivity index (χ4v) is 6.26. The number of ether oxygens (including phenoxy) is 2. The predicted octanol–water partition coefficient (Wildman–Crippen LogP) is 5.64. The number of hydrogen-bond acceptors (Lipinski definition) is 9. The molecule has 1 unspecified atom stereocenters. The maximum atomic E-state index is 14.9. The monoisotopic (exact) mass is 618 g/mol. The van der Waals surface area contributed by atoms with Crippen LogP contribution in [-0.4, -0.2) is 77.1 Å². The molecule has 1 atom stereocenters. The molecule has 0 radical (unpaired) electrons. The molecule has 230 valence electrons. The molecular weight excluding hydrogens is 583 g/mol. The van der Waals surface area contributed by atoms with Crippen molar-refractivity contribution in [1.29, 1.82) is 0 Å². The van der Waals surface area contributed by atoms with Gasteiger partial charge >= 0.3 is 12.0 Å². The van der Waals surface area contributed by atoms with Crippen molar-refractivity contribution in [3.8, 4) is 22.1 Å². The molecule has 12 heteroatoms. The van der Waals surface area contributed by atoms with E-state index in [2.05, 4.69) is 38.4 Å². The smallest absolute Gasteiger partial charge is 0.319 e. The number of nitrogens with zero attached hydrogens (tertiary/aromatic N) is 4. The number of aromatic nitrogens is 2. The third-order valence-corrected chi connectivity index (χ3v) is 9.06. The van der Waals surface area contributed by atoms with Gasteiger partial charge in [0.2, 0.25) is 0 Å². The molecule has 1 aliphatic heterocycles. The number of hydrogen-bond donors (Lipinski definition) is 2. The van der Waals surface area contributed by atoms with E-state index in [0.717, 1.165) is 71.9 Å². The number of halogens is 1. The van der Waals surface area contributed by atoms with Crippen molar-refractivity contribution >= 4 is 39.2 Å². The summed E-state index contributed by atoms with van der Waals surface area (Å²) in [6.45, 7) is 6.54. The Kier molecular flexibility index (Phi) is 9.01. The number of pyridine rings is 2. The number of benzene rings is 1. The Labute approximate surface area is 259 Å². The first-order valence-corrected chi connectivity index (χ1v) is 15.6. The van der Waals surface area contributed by atoms with Gasteiger partial charge in [-0.05, 0) is 49.6 Å². The molecule has 2 aliphatic rings. The fraction of sp³-hybridized carbons (Fsp3) is 0.375. The van der Waals surface area contributed by atoms with Crippen molar-refractivity contribution in [3.63, 3.8) is 0 Å². The number of carbonyl (C=O) groups is 2. The summed E-state index contributed by atoms with van der Waals surface area (Å²) in [7, 11) is 1.43. The molecule has 1 aromatic carbocycles. The van der Waals surface area contributed by atoms with Crippen LogP contribution in [-0.2, 0) is 16.1 Å². The van der Waals surface area contributed by atoms with E-state index in [1.807, 2.05) is 18.3 Å². The fourth-order valence-electron chi connectivity index (χ4n) is 5.22. The molecule has 2 fully saturated rings. The Morgan fingerprint density at radius 3 is 2.59 bits per heavy atom. The normalized spacial score (nSPS) is 16.4. The quantitative estimate of drug-likeness (QED) is 0.220. The van der Waals surface area contributed by atoms with Crippen LogP contribution >= 0.6 is 11.3 Å². The molecule has 2 N–H and O–H groups in total. The third kappa shape index (κ3) is 7.32. The third-order valence-electron chi connectivity index (χ3n) is 7.90. The van der Waals surface area contributed by atoms with Crippen LogP contribution in [0.1, 0.15) is 31.7 Å². The van der Waals surface area contributed by atoms with Gasteiger partial charge in [-0.3, -0.25) is 24.6 Å². The zero-order chi connectivity index (χ0) is 30.6. The van der Waals surface area contributed by atoms with Crippen molar-refractivity contribution in [2.75, 3.05) is 38.6 Å². The lowest BCUT2D eigenvalue weighted by molar-refractivity contribution is -0.142. The van der Waals surface area contributed by atoms with Gasteiger partial charge in [0, 0.05) is 75.0 Å². The highest BCUT2D eigenvalue weighted by Crippen LogP contribution is 2.39. The van der Waals surface area contributed by atoms with E-state index in [-0.39, 0.29) is 29.8 Å². The van der Waals surface area contributed by atoms with Crippen LogP contribution in [0.4, 0.5) is 14.9 Å². The topological polar surface area (TPSA) is 109 Å². The number of piperazine rings is 1. The molecular formula is C32H35FN6O4S. The van der Waals surface area contributed by atoms with Crippen LogP contribution in [0.3, 0.4) is 0 Å². The summed E-state index contributed by atoms with van der Waals surface area (Å²) in [5, 5.41) is 5.47. The van der Waals surface area contributed by atoms with Crippen molar-refractivity contribution < 1.29 is 23.5 Å². The van der Waals surface area contributed by atoms with Crippen LogP contribution in [0.2, 0.25) is 0 Å². The Balaban J connectivity index is 1.07. The first-order chi connectivity index (χ1) is 21.3. The predicted molar refractivity (Wildman–Crippen MR) is 167 cm³/mol. The number of amides is 2. The molecule has 1 saturated carbocycles. The molecule has 44 heavy (non-hydrogen) atoms. The van der Waals surface area contributed by atoms with Gasteiger partial charge in [-0.1, -0.05) is 6.07 Å². The average molecular weight is 619 g/mol. The molecule has 4 heterocycles. The number of urea groups is 1. The number of nitrogens with one attached hydrogen (secondary N) is 2. The largest absolute Gasteiger partial charge is 0.469 e. The Bertz CT molecular complexity index is 1640. The second-order valence-corrected chi connectivity index (χ2v) is 12.3. The summed E-state index contributed by atoms with van der Waals surface area (Å²) in [4.78, 5) is 38.5. The number of carbonyl (C=O) groups excluding carboxylic acids is 2. The lowest BCUT2D eigenvalue weighted by Gasteiger charge is -2.37. The molecule has 6 rings (SSSR count). The highest BCUT2D eigenvalue weighted by Gasteiger charge is 2.24. The van der Waals surface area contributed by atoms with E-state index in [1.165, 1.54) is 30.6 Å². The van der Waals surface area contributed by atoms with Gasteiger partial charge < -0.3 is 20.1 Å². The average Bonchev–Trinajstić information content (AvgIpc) is 3.72. The molecule has 0 spiro atoms. The van der Waals surface area contributed by atoms with Crippen LogP contribution in [0.25, 0.3) is 20.8 Å². The molecule has 0 bridgehead atoms. The highest BCUT2D eigenvalue weighted by atomic mass is 32.1. The highest BCUT2D eigenvalue weighted by molar-refractivity contribution is 7.22. The first kappa shape index (κ1) is 29.9. The zero-order valence-electron chi connectivity index (χ0n) is 24.7. The van der Waals surface area contributed by atoms with Crippen LogP contribution < -0.4 is 15.4 Å². The van der Waals surface area contributed by atoms with Crippen molar-refractivity contribution in [3.05, 3.63) is 66.2 Å². The zero-order valence-corrected chi connectivity index (χ0v) is 25.5. The van der Waals surface area contributed by atoms with Crippen molar-refractivity contribution in [2.24, 2.45) is 0 Å². The Hall–Kier alpha value is -4.13. The van der Waals surface area contributed by atoms with E-state index in [4.69, 9.17) is 14.5 Å². The minimum atomic E-state index is -0.578. The Morgan fingerprint density at radius 1 is 1.07 bits per heavy atom. The van der Waals surface area contributed by atoms with Crippen molar-refractivity contribution in [2.45, 2.75) is 44.8 Å². The molecule has 1 saturated heterocycles. The summed E-state index contributed by atoms with van der Waals surface area (Å²) >= 11 is 1.49. The van der Waals surface area contributed by atoms with E-state index >= 15 is 0 Å². The minimum Gasteiger partial charge on any atom is -0.469 e.